The minimum absolute atomic E-state index is 0.130. The first-order chi connectivity index (χ1) is 7.70. The number of urea groups is 1. The van der Waals surface area contributed by atoms with Gasteiger partial charge in [0.15, 0.2) is 0 Å². The lowest BCUT2D eigenvalue weighted by atomic mass is 10.5. The summed E-state index contributed by atoms with van der Waals surface area (Å²) in [5.41, 5.74) is 12.5. The molecule has 10 nitrogen and oxygen atoms in total. The van der Waals surface area contributed by atoms with Gasteiger partial charge in [-0.15, -0.1) is 5.59 Å². The zero-order chi connectivity index (χ0) is 12.2. The van der Waals surface area contributed by atoms with Gasteiger partial charge in [0.25, 0.3) is 5.91 Å². The van der Waals surface area contributed by atoms with Crippen LogP contribution in [-0.4, -0.2) is 25.1 Å². The Morgan fingerprint density at radius 1 is 1.75 bits per heavy atom. The number of rotatable bonds is 4. The highest BCUT2D eigenvalue weighted by Gasteiger charge is 2.01. The molecule has 0 saturated heterocycles. The molecule has 0 aliphatic carbocycles. The molecule has 0 saturated carbocycles. The second kappa shape index (κ2) is 9.61. The van der Waals surface area contributed by atoms with E-state index < -0.39 is 6.03 Å². The van der Waals surface area contributed by atoms with Gasteiger partial charge in [-0.2, -0.15) is 10.6 Å². The van der Waals surface area contributed by atoms with Crippen LogP contribution in [0.25, 0.3) is 0 Å². The van der Waals surface area contributed by atoms with Gasteiger partial charge < -0.3 is 0 Å². The number of hydrazine groups is 1. The van der Waals surface area contributed by atoms with E-state index in [4.69, 9.17) is 5.53 Å². The van der Waals surface area contributed by atoms with E-state index in [1.54, 1.807) is 0 Å². The van der Waals surface area contributed by atoms with Crippen LogP contribution in [0.15, 0.2) is 15.5 Å². The molecule has 0 aromatic heterocycles. The van der Waals surface area contributed by atoms with Crippen LogP contribution >= 0.6 is 0 Å². The minimum Gasteiger partial charge on any atom is -0.282 e. The van der Waals surface area contributed by atoms with Gasteiger partial charge in [-0.25, -0.2) is 15.6 Å². The third-order valence-electron chi connectivity index (χ3n) is 1.10. The predicted octanol–water partition coefficient (Wildman–Crippen LogP) is 0.0566. The van der Waals surface area contributed by atoms with Crippen LogP contribution in [0, 0.1) is 5.53 Å². The molecule has 10 heteroatoms. The van der Waals surface area contributed by atoms with Crippen molar-refractivity contribution in [2.24, 2.45) is 15.5 Å². The first-order valence-corrected chi connectivity index (χ1v) is 4.40. The summed E-state index contributed by atoms with van der Waals surface area (Å²) in [7, 11) is 0. The molecule has 0 aromatic carbocycles. The summed E-state index contributed by atoms with van der Waals surface area (Å²) in [6, 6.07) is -0.781. The SMILES string of the molecule is CCCONNC(=O)N=N.O=C1CN=NN1. The van der Waals surface area contributed by atoms with Crippen molar-refractivity contribution in [3.05, 3.63) is 0 Å². The summed E-state index contributed by atoms with van der Waals surface area (Å²) in [6.45, 7) is 2.62. The molecule has 1 rings (SSSR count). The molecule has 16 heavy (non-hydrogen) atoms. The smallest absolute Gasteiger partial charge is 0.282 e. The molecule has 1 heterocycles. The molecule has 0 spiro atoms. The monoisotopic (exact) mass is 231 g/mol. The molecule has 0 aromatic rings. The maximum atomic E-state index is 10.2. The van der Waals surface area contributed by atoms with Gasteiger partial charge in [0.2, 0.25) is 0 Å². The maximum Gasteiger partial charge on any atom is 0.375 e. The average molecular weight is 231 g/mol. The van der Waals surface area contributed by atoms with Crippen LogP contribution in [0.2, 0.25) is 0 Å². The highest BCUT2D eigenvalue weighted by molar-refractivity contribution is 5.78. The molecule has 0 atom stereocenters. The topological polar surface area (TPSA) is 140 Å². The Bertz CT molecular complexity index is 257. The number of hydrogen-bond acceptors (Lipinski definition) is 7. The largest absolute Gasteiger partial charge is 0.375 e. The van der Waals surface area contributed by atoms with E-state index in [9.17, 15) is 9.59 Å². The molecular formula is C6H13N7O3. The summed E-state index contributed by atoms with van der Waals surface area (Å²) in [5.74, 6) is -0.130. The fourth-order valence-corrected chi connectivity index (χ4v) is 0.487. The average Bonchev–Trinajstić information content (AvgIpc) is 2.76. The summed E-state index contributed by atoms with van der Waals surface area (Å²) in [4.78, 5) is 24.7. The number of nitrogens with one attached hydrogen (secondary N) is 4. The number of hydrogen-bond donors (Lipinski definition) is 4. The second-order valence-electron chi connectivity index (χ2n) is 2.43. The van der Waals surface area contributed by atoms with Gasteiger partial charge >= 0.3 is 6.03 Å². The molecule has 1 aliphatic heterocycles. The van der Waals surface area contributed by atoms with Crippen LogP contribution in [0.3, 0.4) is 0 Å². The Labute approximate surface area is 91.2 Å². The lowest BCUT2D eigenvalue weighted by Gasteiger charge is -2.01. The van der Waals surface area contributed by atoms with Crippen molar-refractivity contribution in [3.63, 3.8) is 0 Å². The Morgan fingerprint density at radius 2 is 2.50 bits per heavy atom. The number of nitrogens with zero attached hydrogens (tertiary/aromatic N) is 3. The summed E-state index contributed by atoms with van der Waals surface area (Å²) < 4.78 is 0. The van der Waals surface area contributed by atoms with Crippen molar-refractivity contribution in [1.82, 2.24) is 16.4 Å². The third-order valence-corrected chi connectivity index (χ3v) is 1.10. The zero-order valence-corrected chi connectivity index (χ0v) is 8.69. The molecule has 0 bridgehead atoms. The van der Waals surface area contributed by atoms with Crippen molar-refractivity contribution in [1.29, 1.82) is 5.53 Å². The molecule has 4 N–H and O–H groups in total. The second-order valence-corrected chi connectivity index (χ2v) is 2.43. The molecule has 90 valence electrons. The van der Waals surface area contributed by atoms with E-state index in [0.29, 0.717) is 6.61 Å². The lowest BCUT2D eigenvalue weighted by molar-refractivity contribution is -0.118. The van der Waals surface area contributed by atoms with Gasteiger partial charge in [-0.1, -0.05) is 17.3 Å². The van der Waals surface area contributed by atoms with Crippen molar-refractivity contribution in [2.75, 3.05) is 13.2 Å². The Kier molecular flexibility index (Phi) is 8.44. The standard InChI is InChI=1S/C4H10N4O2.C2H3N3O/c1-2-3-10-8-7-4(9)6-5;6-2-1-3-5-4-2/h5,8H,2-3H2,1H3,(H,7,9);1H2,(H,3,4,6). The van der Waals surface area contributed by atoms with Crippen molar-refractivity contribution < 1.29 is 14.4 Å². The van der Waals surface area contributed by atoms with E-state index in [0.717, 1.165) is 6.42 Å². The van der Waals surface area contributed by atoms with E-state index >= 15 is 0 Å². The van der Waals surface area contributed by atoms with Crippen molar-refractivity contribution in [2.45, 2.75) is 13.3 Å². The number of carbonyl (C=O) groups is 2. The molecule has 0 radical (unpaired) electrons. The van der Waals surface area contributed by atoms with Gasteiger partial charge in [0.05, 0.1) is 6.61 Å². The maximum absolute atomic E-state index is 10.2. The Hall–Kier alpha value is -1.94. The minimum atomic E-state index is -0.781. The van der Waals surface area contributed by atoms with Gasteiger partial charge in [-0.3, -0.25) is 9.63 Å². The molecule has 1 aliphatic rings. The summed E-state index contributed by atoms with van der Waals surface area (Å²) in [6.07, 6.45) is 0.848. The van der Waals surface area contributed by atoms with Crippen LogP contribution < -0.4 is 16.4 Å². The van der Waals surface area contributed by atoms with E-state index in [2.05, 4.69) is 31.3 Å². The van der Waals surface area contributed by atoms with Crippen LogP contribution in [0.4, 0.5) is 4.79 Å². The number of amides is 3. The number of carbonyl (C=O) groups excluding carboxylic acids is 2. The van der Waals surface area contributed by atoms with Crippen molar-refractivity contribution in [3.8, 4) is 0 Å². The Balaban J connectivity index is 0.000000315. The lowest BCUT2D eigenvalue weighted by Crippen LogP contribution is -2.35. The first-order valence-electron chi connectivity index (χ1n) is 4.40. The van der Waals surface area contributed by atoms with E-state index in [1.165, 1.54) is 0 Å². The summed E-state index contributed by atoms with van der Waals surface area (Å²) >= 11 is 0. The quantitative estimate of drug-likeness (QED) is 0.308. The van der Waals surface area contributed by atoms with Crippen LogP contribution in [-0.2, 0) is 9.63 Å². The first kappa shape index (κ1) is 14.1. The van der Waals surface area contributed by atoms with Crippen molar-refractivity contribution >= 4 is 11.9 Å². The molecule has 3 amide bonds. The molecule has 0 unspecified atom stereocenters. The Morgan fingerprint density at radius 3 is 2.88 bits per heavy atom. The fraction of sp³-hybridized carbons (Fsp3) is 0.667. The van der Waals surface area contributed by atoms with Gasteiger partial charge in [-0.05, 0) is 6.42 Å². The normalized spacial score (nSPS) is 12.4. The highest BCUT2D eigenvalue weighted by Crippen LogP contribution is 1.79. The van der Waals surface area contributed by atoms with Gasteiger partial charge in [0, 0.05) is 0 Å². The van der Waals surface area contributed by atoms with Crippen LogP contribution in [0.1, 0.15) is 13.3 Å². The van der Waals surface area contributed by atoms with Crippen LogP contribution in [0.5, 0.6) is 0 Å². The van der Waals surface area contributed by atoms with E-state index in [1.807, 2.05) is 12.3 Å². The van der Waals surface area contributed by atoms with Gasteiger partial charge in [0.1, 0.15) is 6.54 Å². The third kappa shape index (κ3) is 8.65. The zero-order valence-electron chi connectivity index (χ0n) is 8.69. The predicted molar refractivity (Wildman–Crippen MR) is 50.9 cm³/mol. The molecule has 0 fully saturated rings. The summed E-state index contributed by atoms with van der Waals surface area (Å²) in [5, 5.41) is 9.06. The highest BCUT2D eigenvalue weighted by atomic mass is 16.7. The van der Waals surface area contributed by atoms with E-state index in [-0.39, 0.29) is 12.5 Å². The molecular weight excluding hydrogens is 218 g/mol. The fourth-order valence-electron chi connectivity index (χ4n) is 0.487.